The van der Waals surface area contributed by atoms with Crippen LogP contribution in [-0.2, 0) is 4.79 Å². The molecule has 0 aliphatic carbocycles. The zero-order valence-electron chi connectivity index (χ0n) is 13.7. The predicted molar refractivity (Wildman–Crippen MR) is 85.8 cm³/mol. The Morgan fingerprint density at radius 3 is 2.61 bits per heavy atom. The molecule has 1 amide bonds. The van der Waals surface area contributed by atoms with Crippen LogP contribution in [0.3, 0.4) is 0 Å². The summed E-state index contributed by atoms with van der Waals surface area (Å²) in [5, 5.41) is 9.46. The van der Waals surface area contributed by atoms with Gasteiger partial charge in [-0.1, -0.05) is 0 Å². The van der Waals surface area contributed by atoms with Gasteiger partial charge in [0.1, 0.15) is 11.6 Å². The third-order valence-corrected chi connectivity index (χ3v) is 4.34. The van der Waals surface area contributed by atoms with Crippen LogP contribution in [0.2, 0.25) is 0 Å². The quantitative estimate of drug-likeness (QED) is 0.889. The van der Waals surface area contributed by atoms with Crippen LogP contribution in [-0.4, -0.2) is 67.3 Å². The van der Waals surface area contributed by atoms with Crippen molar-refractivity contribution in [3.8, 4) is 5.75 Å². The largest absolute Gasteiger partial charge is 0.484 e. The van der Waals surface area contributed by atoms with Crippen molar-refractivity contribution in [2.75, 3.05) is 40.4 Å². The predicted octanol–water partition coefficient (Wildman–Crippen LogP) is 1.37. The summed E-state index contributed by atoms with van der Waals surface area (Å²) in [6.07, 6.45) is 1.86. The maximum absolute atomic E-state index is 12.9. The van der Waals surface area contributed by atoms with Crippen LogP contribution in [0.15, 0.2) is 24.3 Å². The first-order valence-electron chi connectivity index (χ1n) is 7.93. The van der Waals surface area contributed by atoms with Crippen LogP contribution in [0.1, 0.15) is 12.8 Å². The highest BCUT2D eigenvalue weighted by atomic mass is 19.1. The molecule has 0 aromatic heterocycles. The van der Waals surface area contributed by atoms with Crippen LogP contribution >= 0.6 is 0 Å². The number of rotatable bonds is 5. The number of likely N-dealkylation sites (tertiary alicyclic amines) is 1. The van der Waals surface area contributed by atoms with Gasteiger partial charge >= 0.3 is 0 Å². The molecule has 1 heterocycles. The first kappa shape index (κ1) is 17.7. The molecule has 0 bridgehead atoms. The lowest BCUT2D eigenvalue weighted by atomic mass is 10.0. The number of ether oxygens (including phenoxy) is 1. The molecule has 0 radical (unpaired) electrons. The number of hydrogen-bond donors (Lipinski definition) is 1. The van der Waals surface area contributed by atoms with Gasteiger partial charge < -0.3 is 19.6 Å². The van der Waals surface area contributed by atoms with E-state index in [2.05, 4.69) is 4.90 Å². The summed E-state index contributed by atoms with van der Waals surface area (Å²) in [6, 6.07) is 5.89. The summed E-state index contributed by atoms with van der Waals surface area (Å²) in [6.45, 7) is 1.19. The summed E-state index contributed by atoms with van der Waals surface area (Å²) in [4.78, 5) is 16.3. The molecule has 2 rings (SSSR count). The second-order valence-corrected chi connectivity index (χ2v) is 6.28. The maximum atomic E-state index is 12.9. The summed E-state index contributed by atoms with van der Waals surface area (Å²) in [7, 11) is 4.00. The number of aliphatic hydroxyl groups excluding tert-OH is 1. The lowest BCUT2D eigenvalue weighted by Crippen LogP contribution is -2.44. The van der Waals surface area contributed by atoms with E-state index in [4.69, 9.17) is 4.74 Å². The number of amides is 1. The minimum absolute atomic E-state index is 0.0794. The van der Waals surface area contributed by atoms with Gasteiger partial charge in [-0.2, -0.15) is 0 Å². The molecule has 1 aliphatic heterocycles. The molecule has 1 N–H and O–H groups in total. The van der Waals surface area contributed by atoms with Crippen LogP contribution in [0.4, 0.5) is 4.39 Å². The molecule has 1 aliphatic rings. The van der Waals surface area contributed by atoms with Crippen molar-refractivity contribution in [1.82, 2.24) is 9.80 Å². The second kappa shape index (κ2) is 8.26. The molecule has 1 aromatic rings. The Bertz CT molecular complexity index is 507. The number of nitrogens with zero attached hydrogens (tertiary/aromatic N) is 2. The highest BCUT2D eigenvalue weighted by molar-refractivity contribution is 5.77. The highest BCUT2D eigenvalue weighted by Crippen LogP contribution is 2.19. The molecule has 6 heteroatoms. The molecule has 1 fully saturated rings. The lowest BCUT2D eigenvalue weighted by molar-refractivity contribution is -0.134. The fraction of sp³-hybridized carbons (Fsp3) is 0.588. The van der Waals surface area contributed by atoms with E-state index < -0.39 is 0 Å². The summed E-state index contributed by atoms with van der Waals surface area (Å²) >= 11 is 0. The molecule has 2 atom stereocenters. The van der Waals surface area contributed by atoms with E-state index in [0.29, 0.717) is 18.8 Å². The molecule has 5 nitrogen and oxygen atoms in total. The van der Waals surface area contributed by atoms with Crippen molar-refractivity contribution in [3.63, 3.8) is 0 Å². The molecule has 128 valence electrons. The number of carbonyl (C=O) groups is 1. The fourth-order valence-electron chi connectivity index (χ4n) is 2.79. The van der Waals surface area contributed by atoms with E-state index in [1.807, 2.05) is 14.1 Å². The van der Waals surface area contributed by atoms with Gasteiger partial charge in [-0.3, -0.25) is 4.79 Å². The van der Waals surface area contributed by atoms with E-state index >= 15 is 0 Å². The number of halogens is 1. The van der Waals surface area contributed by atoms with Crippen molar-refractivity contribution >= 4 is 5.91 Å². The highest BCUT2D eigenvalue weighted by Gasteiger charge is 2.27. The molecular formula is C17H25FN2O3. The average molecular weight is 324 g/mol. The minimum Gasteiger partial charge on any atom is -0.484 e. The van der Waals surface area contributed by atoms with Gasteiger partial charge in [-0.15, -0.1) is 0 Å². The Morgan fingerprint density at radius 2 is 2.00 bits per heavy atom. The molecule has 1 aromatic carbocycles. The number of hydrogen-bond acceptors (Lipinski definition) is 4. The molecule has 0 unspecified atom stereocenters. The van der Waals surface area contributed by atoms with Crippen LogP contribution in [0, 0.1) is 11.7 Å². The van der Waals surface area contributed by atoms with Crippen LogP contribution in [0.25, 0.3) is 0 Å². The maximum Gasteiger partial charge on any atom is 0.260 e. The summed E-state index contributed by atoms with van der Waals surface area (Å²) in [5.74, 6) is 0.129. The molecule has 0 saturated carbocycles. The Hall–Kier alpha value is -1.66. The Kier molecular flexibility index (Phi) is 6.36. The van der Waals surface area contributed by atoms with Gasteiger partial charge in [0.25, 0.3) is 5.91 Å². The molecule has 1 saturated heterocycles. The second-order valence-electron chi connectivity index (χ2n) is 6.28. The van der Waals surface area contributed by atoms with Crippen molar-refractivity contribution in [2.45, 2.75) is 18.9 Å². The van der Waals surface area contributed by atoms with Gasteiger partial charge in [0.05, 0.1) is 0 Å². The van der Waals surface area contributed by atoms with Crippen molar-refractivity contribution in [2.24, 2.45) is 5.92 Å². The number of likely N-dealkylation sites (N-methyl/N-ethyl adjacent to an activating group) is 1. The molecule has 23 heavy (non-hydrogen) atoms. The van der Waals surface area contributed by atoms with Crippen LogP contribution < -0.4 is 4.74 Å². The SMILES string of the molecule is CN(C)[C@@H]1CC[C@H](CO)CN(C(=O)COc2ccc(F)cc2)C1. The fourth-order valence-corrected chi connectivity index (χ4v) is 2.79. The van der Waals surface area contributed by atoms with E-state index in [1.54, 1.807) is 4.90 Å². The minimum atomic E-state index is -0.337. The first-order valence-corrected chi connectivity index (χ1v) is 7.93. The van der Waals surface area contributed by atoms with Crippen molar-refractivity contribution in [3.05, 3.63) is 30.1 Å². The number of aliphatic hydroxyl groups is 1. The van der Waals surface area contributed by atoms with Gasteiger partial charge in [-0.05, 0) is 57.1 Å². The van der Waals surface area contributed by atoms with E-state index in [1.165, 1.54) is 24.3 Å². The van der Waals surface area contributed by atoms with Gasteiger partial charge in [0.15, 0.2) is 6.61 Å². The standard InChI is InChI=1S/C17H25FN2O3/c1-19(2)15-6-3-13(11-21)9-20(10-15)17(22)12-23-16-7-4-14(18)5-8-16/h4-5,7-8,13,15,21H,3,6,9-12H2,1-2H3/t13-,15+/m0/s1. The van der Waals surface area contributed by atoms with Crippen LogP contribution in [0.5, 0.6) is 5.75 Å². The smallest absolute Gasteiger partial charge is 0.260 e. The third-order valence-electron chi connectivity index (χ3n) is 4.34. The molecular weight excluding hydrogens is 299 g/mol. The van der Waals surface area contributed by atoms with Crippen molar-refractivity contribution < 1.29 is 19.0 Å². The first-order chi connectivity index (χ1) is 11.0. The molecule has 0 spiro atoms. The van der Waals surface area contributed by atoms with E-state index in [-0.39, 0.29) is 36.9 Å². The summed E-state index contributed by atoms with van der Waals surface area (Å²) in [5.41, 5.74) is 0. The van der Waals surface area contributed by atoms with Gasteiger partial charge in [0, 0.05) is 25.7 Å². The van der Waals surface area contributed by atoms with Gasteiger partial charge in [-0.25, -0.2) is 4.39 Å². The zero-order chi connectivity index (χ0) is 16.8. The average Bonchev–Trinajstić information content (AvgIpc) is 2.77. The monoisotopic (exact) mass is 324 g/mol. The Morgan fingerprint density at radius 1 is 1.30 bits per heavy atom. The van der Waals surface area contributed by atoms with Crippen molar-refractivity contribution in [1.29, 1.82) is 0 Å². The Labute approximate surface area is 136 Å². The Balaban J connectivity index is 1.95. The normalized spacial score (nSPS) is 22.0. The third kappa shape index (κ3) is 5.18. The summed E-state index contributed by atoms with van der Waals surface area (Å²) < 4.78 is 18.3. The van der Waals surface area contributed by atoms with E-state index in [0.717, 1.165) is 12.8 Å². The van der Waals surface area contributed by atoms with E-state index in [9.17, 15) is 14.3 Å². The topological polar surface area (TPSA) is 53.0 Å². The van der Waals surface area contributed by atoms with Gasteiger partial charge in [0.2, 0.25) is 0 Å². The lowest BCUT2D eigenvalue weighted by Gasteiger charge is -2.29. The number of carbonyl (C=O) groups excluding carboxylic acids is 1. The zero-order valence-corrected chi connectivity index (χ0v) is 13.7. The number of benzene rings is 1.